The molecule has 0 bridgehead atoms. The van der Waals surface area contributed by atoms with E-state index in [2.05, 4.69) is 26.8 Å². The zero-order valence-electron chi connectivity index (χ0n) is 14.0. The van der Waals surface area contributed by atoms with Gasteiger partial charge in [0, 0.05) is 12.8 Å². The maximum atomic E-state index is 11.9. The van der Waals surface area contributed by atoms with Crippen LogP contribution in [0.3, 0.4) is 0 Å². The van der Waals surface area contributed by atoms with Crippen LogP contribution < -0.4 is 0 Å². The SMILES string of the molecule is CC1=CC[C@@H]2[C@H]3CC[C@H]4CC(=O)CC[C@]4(C)[C@H]3CC[C@]12C. The number of allylic oxidation sites excluding steroid dienone is 2. The molecule has 6 atom stereocenters. The zero-order valence-corrected chi connectivity index (χ0v) is 14.0. The minimum absolute atomic E-state index is 0.467. The summed E-state index contributed by atoms with van der Waals surface area (Å²) in [6.45, 7) is 7.44. The molecule has 3 fully saturated rings. The predicted molar refractivity (Wildman–Crippen MR) is 85.9 cm³/mol. The molecule has 3 saturated carbocycles. The first-order valence-electron chi connectivity index (χ1n) is 9.14. The second kappa shape index (κ2) is 4.46. The first-order chi connectivity index (χ1) is 9.95. The van der Waals surface area contributed by atoms with E-state index in [4.69, 9.17) is 0 Å². The van der Waals surface area contributed by atoms with Crippen LogP contribution in [-0.2, 0) is 4.79 Å². The van der Waals surface area contributed by atoms with Gasteiger partial charge in [0.25, 0.3) is 0 Å². The monoisotopic (exact) mass is 286 g/mol. The highest BCUT2D eigenvalue weighted by Crippen LogP contribution is 2.65. The van der Waals surface area contributed by atoms with Gasteiger partial charge in [-0.15, -0.1) is 0 Å². The summed E-state index contributed by atoms with van der Waals surface area (Å²) in [7, 11) is 0. The van der Waals surface area contributed by atoms with Gasteiger partial charge in [0.2, 0.25) is 0 Å². The van der Waals surface area contributed by atoms with Gasteiger partial charge < -0.3 is 0 Å². The highest BCUT2D eigenvalue weighted by molar-refractivity contribution is 5.79. The second-order valence-corrected chi connectivity index (χ2v) is 8.98. The molecule has 0 heterocycles. The molecule has 0 spiro atoms. The largest absolute Gasteiger partial charge is 0.300 e. The van der Waals surface area contributed by atoms with Gasteiger partial charge in [-0.1, -0.05) is 25.5 Å². The zero-order chi connectivity index (χ0) is 14.8. The highest BCUT2D eigenvalue weighted by Gasteiger charge is 2.57. The third-order valence-corrected chi connectivity index (χ3v) is 8.45. The van der Waals surface area contributed by atoms with Crippen molar-refractivity contribution in [2.24, 2.45) is 34.5 Å². The van der Waals surface area contributed by atoms with Crippen molar-refractivity contribution in [3.8, 4) is 0 Å². The Morgan fingerprint density at radius 2 is 1.90 bits per heavy atom. The van der Waals surface area contributed by atoms with Gasteiger partial charge >= 0.3 is 0 Å². The number of hydrogen-bond donors (Lipinski definition) is 0. The van der Waals surface area contributed by atoms with Gasteiger partial charge in [0.15, 0.2) is 0 Å². The van der Waals surface area contributed by atoms with Crippen LogP contribution >= 0.6 is 0 Å². The summed E-state index contributed by atoms with van der Waals surface area (Å²) in [4.78, 5) is 11.9. The van der Waals surface area contributed by atoms with E-state index in [1.807, 2.05) is 0 Å². The third kappa shape index (κ3) is 1.79. The molecule has 0 radical (unpaired) electrons. The Morgan fingerprint density at radius 1 is 1.10 bits per heavy atom. The summed E-state index contributed by atoms with van der Waals surface area (Å²) in [6, 6.07) is 0. The van der Waals surface area contributed by atoms with Crippen LogP contribution in [0.25, 0.3) is 0 Å². The van der Waals surface area contributed by atoms with Crippen molar-refractivity contribution in [1.29, 1.82) is 0 Å². The summed E-state index contributed by atoms with van der Waals surface area (Å²) in [5.74, 6) is 3.94. The lowest BCUT2D eigenvalue weighted by molar-refractivity contribution is -0.137. The number of rotatable bonds is 0. The Balaban J connectivity index is 1.64. The van der Waals surface area contributed by atoms with E-state index in [0.29, 0.717) is 22.5 Å². The van der Waals surface area contributed by atoms with E-state index in [1.54, 1.807) is 5.57 Å². The Kier molecular flexibility index (Phi) is 2.98. The van der Waals surface area contributed by atoms with Gasteiger partial charge in [-0.25, -0.2) is 0 Å². The van der Waals surface area contributed by atoms with Crippen molar-refractivity contribution < 1.29 is 4.79 Å². The van der Waals surface area contributed by atoms with Crippen LogP contribution in [0.2, 0.25) is 0 Å². The van der Waals surface area contributed by atoms with E-state index < -0.39 is 0 Å². The number of carbonyl (C=O) groups excluding carboxylic acids is 1. The molecule has 0 unspecified atom stereocenters. The fourth-order valence-corrected chi connectivity index (χ4v) is 6.83. The van der Waals surface area contributed by atoms with Crippen molar-refractivity contribution in [1.82, 2.24) is 0 Å². The molecule has 0 aromatic heterocycles. The van der Waals surface area contributed by atoms with Crippen LogP contribution in [0.15, 0.2) is 11.6 Å². The number of Topliss-reactive ketones (excluding diaryl/α,β-unsaturated/α-hetero) is 1. The molecule has 4 aliphatic rings. The van der Waals surface area contributed by atoms with Crippen LogP contribution in [0.4, 0.5) is 0 Å². The number of carbonyl (C=O) groups is 1. The topological polar surface area (TPSA) is 17.1 Å². The van der Waals surface area contributed by atoms with Gasteiger partial charge in [-0.05, 0) is 80.0 Å². The summed E-state index contributed by atoms with van der Waals surface area (Å²) in [5.41, 5.74) is 2.63. The van der Waals surface area contributed by atoms with Gasteiger partial charge in [-0.3, -0.25) is 4.79 Å². The van der Waals surface area contributed by atoms with Gasteiger partial charge in [0.1, 0.15) is 5.78 Å². The van der Waals surface area contributed by atoms with Crippen molar-refractivity contribution in [3.05, 3.63) is 11.6 Å². The average Bonchev–Trinajstić information content (AvgIpc) is 2.76. The molecular formula is C20H30O. The molecule has 1 nitrogen and oxygen atoms in total. The Labute approximate surface area is 129 Å². The summed E-state index contributed by atoms with van der Waals surface area (Å²) >= 11 is 0. The van der Waals surface area contributed by atoms with E-state index >= 15 is 0 Å². The number of hydrogen-bond acceptors (Lipinski definition) is 1. The number of ketones is 1. The lowest BCUT2D eigenvalue weighted by atomic mass is 9.45. The van der Waals surface area contributed by atoms with E-state index in [-0.39, 0.29) is 0 Å². The lowest BCUT2D eigenvalue weighted by Crippen LogP contribution is -2.53. The number of fused-ring (bicyclic) bond motifs is 5. The smallest absolute Gasteiger partial charge is 0.133 e. The lowest BCUT2D eigenvalue weighted by Gasteiger charge is -2.60. The Hall–Kier alpha value is -0.590. The molecular weight excluding hydrogens is 256 g/mol. The minimum Gasteiger partial charge on any atom is -0.300 e. The van der Waals surface area contributed by atoms with Crippen LogP contribution in [0, 0.1) is 34.5 Å². The summed E-state index contributed by atoms with van der Waals surface area (Å²) in [6.07, 6.45) is 12.3. The van der Waals surface area contributed by atoms with Crippen molar-refractivity contribution in [3.63, 3.8) is 0 Å². The fraction of sp³-hybridized carbons (Fsp3) is 0.850. The molecule has 116 valence electrons. The molecule has 0 aromatic carbocycles. The standard InChI is InChI=1S/C20H30O/c1-13-4-7-17-16-6-5-14-12-15(21)8-10-20(14,3)18(16)9-11-19(13,17)2/h4,14,16-18H,5-12H2,1-3H3/t14-,16+,17+,18-,19+,20-/m0/s1. The second-order valence-electron chi connectivity index (χ2n) is 8.98. The minimum atomic E-state index is 0.467. The summed E-state index contributed by atoms with van der Waals surface area (Å²) in [5, 5.41) is 0. The molecule has 21 heavy (non-hydrogen) atoms. The molecule has 0 amide bonds. The molecule has 0 saturated heterocycles. The molecule has 0 aliphatic heterocycles. The quantitative estimate of drug-likeness (QED) is 0.562. The molecule has 1 heteroatoms. The highest BCUT2D eigenvalue weighted by atomic mass is 16.1. The molecule has 4 aliphatic carbocycles. The maximum Gasteiger partial charge on any atom is 0.133 e. The first kappa shape index (κ1) is 14.0. The van der Waals surface area contributed by atoms with Crippen LogP contribution in [0.1, 0.15) is 72.1 Å². The van der Waals surface area contributed by atoms with Crippen LogP contribution in [0.5, 0.6) is 0 Å². The fourth-order valence-electron chi connectivity index (χ4n) is 6.83. The third-order valence-electron chi connectivity index (χ3n) is 8.45. The predicted octanol–water partition coefficient (Wildman–Crippen LogP) is 5.15. The van der Waals surface area contributed by atoms with Crippen molar-refractivity contribution in [2.45, 2.75) is 72.1 Å². The molecule has 0 N–H and O–H groups in total. The Bertz CT molecular complexity index is 504. The van der Waals surface area contributed by atoms with E-state index in [1.165, 1.54) is 38.5 Å². The van der Waals surface area contributed by atoms with Crippen molar-refractivity contribution in [2.75, 3.05) is 0 Å². The van der Waals surface area contributed by atoms with E-state index in [0.717, 1.165) is 30.6 Å². The van der Waals surface area contributed by atoms with E-state index in [9.17, 15) is 4.79 Å². The normalized spacial score (nSPS) is 52.7. The average molecular weight is 286 g/mol. The van der Waals surface area contributed by atoms with Gasteiger partial charge in [-0.2, -0.15) is 0 Å². The maximum absolute atomic E-state index is 11.9. The van der Waals surface area contributed by atoms with Crippen LogP contribution in [-0.4, -0.2) is 5.78 Å². The first-order valence-corrected chi connectivity index (χ1v) is 9.14. The van der Waals surface area contributed by atoms with Crippen molar-refractivity contribution >= 4 is 5.78 Å². The summed E-state index contributed by atoms with van der Waals surface area (Å²) < 4.78 is 0. The van der Waals surface area contributed by atoms with Gasteiger partial charge in [0.05, 0.1) is 0 Å². The molecule has 0 aromatic rings. The Morgan fingerprint density at radius 3 is 2.71 bits per heavy atom. The molecule has 4 rings (SSSR count).